The van der Waals surface area contributed by atoms with Crippen molar-refractivity contribution in [1.29, 1.82) is 0 Å². The molecular weight excluding hydrogens is 102 g/mol. The fourth-order valence-electron chi connectivity index (χ4n) is 0.211. The van der Waals surface area contributed by atoms with Crippen LogP contribution in [0.2, 0.25) is 13.1 Å². The first kappa shape index (κ1) is 6.76. The molecule has 0 saturated carbocycles. The molecule has 0 spiro atoms. The Hall–Kier alpha value is -0.243. The Bertz CT molecular complexity index is 61.1. The maximum absolute atomic E-state index is 3.64. The van der Waals surface area contributed by atoms with Gasteiger partial charge in [-0.25, -0.2) is 0 Å². The van der Waals surface area contributed by atoms with Crippen molar-refractivity contribution < 1.29 is 0 Å². The Kier molecular flexibility index (Phi) is 2.75. The Morgan fingerprint density at radius 2 is 2.00 bits per heavy atom. The van der Waals surface area contributed by atoms with Crippen molar-refractivity contribution in [3.63, 3.8) is 0 Å². The molecule has 0 aromatic heterocycles. The van der Waals surface area contributed by atoms with Gasteiger partial charge in [-0.2, -0.15) is 0 Å². The van der Waals surface area contributed by atoms with Gasteiger partial charge in [0.1, 0.15) is 8.96 Å². The normalized spacial score (nSPS) is 9.14. The van der Waals surface area contributed by atoms with E-state index in [1.54, 1.807) is 0 Å². The zero-order valence-electron chi connectivity index (χ0n) is 5.31. The molecule has 0 aromatic rings. The van der Waals surface area contributed by atoms with Crippen LogP contribution < -0.4 is 0 Å². The molecule has 0 bridgehead atoms. The van der Waals surface area contributed by atoms with Crippen molar-refractivity contribution in [2.24, 2.45) is 0 Å². The second-order valence-electron chi connectivity index (χ2n) is 1.94. The molecular formula is C5H13NSi. The third kappa shape index (κ3) is 2.45. The molecule has 2 heteroatoms. The van der Waals surface area contributed by atoms with E-state index in [1.807, 2.05) is 6.20 Å². The van der Waals surface area contributed by atoms with Crippen molar-refractivity contribution >= 4 is 8.96 Å². The van der Waals surface area contributed by atoms with E-state index in [9.17, 15) is 0 Å². The van der Waals surface area contributed by atoms with E-state index < -0.39 is 8.96 Å². The Morgan fingerprint density at radius 1 is 1.57 bits per heavy atom. The van der Waals surface area contributed by atoms with Crippen LogP contribution in [-0.4, -0.2) is 20.6 Å². The minimum absolute atomic E-state index is 0.549. The van der Waals surface area contributed by atoms with E-state index in [4.69, 9.17) is 0 Å². The SMILES string of the molecule is C=CN(C)[SiH](C)C. The predicted octanol–water partition coefficient (Wildman–Crippen LogP) is 1.05. The van der Waals surface area contributed by atoms with E-state index >= 15 is 0 Å². The molecule has 0 amide bonds. The number of rotatable bonds is 2. The molecule has 0 aliphatic rings. The quantitative estimate of drug-likeness (QED) is 0.486. The summed E-state index contributed by atoms with van der Waals surface area (Å²) in [7, 11) is 1.52. The molecule has 1 nitrogen and oxygen atoms in total. The van der Waals surface area contributed by atoms with Gasteiger partial charge in [0.25, 0.3) is 0 Å². The highest BCUT2D eigenvalue weighted by molar-refractivity contribution is 6.52. The fourth-order valence-corrected chi connectivity index (χ4v) is 0.632. The lowest BCUT2D eigenvalue weighted by molar-refractivity contribution is 0.718. The van der Waals surface area contributed by atoms with E-state index in [-0.39, 0.29) is 0 Å². The summed E-state index contributed by atoms with van der Waals surface area (Å²) in [5.41, 5.74) is 0. The van der Waals surface area contributed by atoms with Crippen LogP contribution in [0.4, 0.5) is 0 Å². The number of hydrogen-bond donors (Lipinski definition) is 0. The highest BCUT2D eigenvalue weighted by atomic mass is 28.3. The van der Waals surface area contributed by atoms with Crippen LogP contribution in [0, 0.1) is 0 Å². The first-order valence-electron chi connectivity index (χ1n) is 2.53. The molecule has 0 atom stereocenters. The van der Waals surface area contributed by atoms with Crippen LogP contribution in [0.3, 0.4) is 0 Å². The highest BCUT2D eigenvalue weighted by Crippen LogP contribution is 1.86. The molecule has 42 valence electrons. The van der Waals surface area contributed by atoms with Gasteiger partial charge in [0, 0.05) is 0 Å². The first-order valence-corrected chi connectivity index (χ1v) is 5.35. The van der Waals surface area contributed by atoms with Crippen molar-refractivity contribution in [3.8, 4) is 0 Å². The van der Waals surface area contributed by atoms with E-state index in [1.165, 1.54) is 0 Å². The number of hydrogen-bond acceptors (Lipinski definition) is 1. The van der Waals surface area contributed by atoms with Crippen molar-refractivity contribution in [3.05, 3.63) is 12.8 Å². The molecule has 0 fully saturated rings. The monoisotopic (exact) mass is 115 g/mol. The third-order valence-electron chi connectivity index (χ3n) is 1.10. The molecule has 0 rings (SSSR count). The van der Waals surface area contributed by atoms with Gasteiger partial charge in [-0.15, -0.1) is 0 Å². The molecule has 0 heterocycles. The summed E-state index contributed by atoms with van der Waals surface area (Å²) in [6.07, 6.45) is 1.89. The van der Waals surface area contributed by atoms with Gasteiger partial charge in [0.2, 0.25) is 0 Å². The maximum atomic E-state index is 3.64. The lowest BCUT2D eigenvalue weighted by Gasteiger charge is -2.15. The van der Waals surface area contributed by atoms with Crippen LogP contribution in [0.25, 0.3) is 0 Å². The summed E-state index contributed by atoms with van der Waals surface area (Å²) < 4.78 is 2.19. The van der Waals surface area contributed by atoms with Crippen LogP contribution in [-0.2, 0) is 0 Å². The molecule has 7 heavy (non-hydrogen) atoms. The summed E-state index contributed by atoms with van der Waals surface area (Å²) in [6, 6.07) is 0. The predicted molar refractivity (Wildman–Crippen MR) is 36.8 cm³/mol. The average molecular weight is 115 g/mol. The molecule has 0 unspecified atom stereocenters. The van der Waals surface area contributed by atoms with Gasteiger partial charge >= 0.3 is 0 Å². The van der Waals surface area contributed by atoms with Gasteiger partial charge in [-0.3, -0.25) is 0 Å². The lowest BCUT2D eigenvalue weighted by atomic mass is 11.0. The fraction of sp³-hybridized carbons (Fsp3) is 0.600. The Morgan fingerprint density at radius 3 is 2.00 bits per heavy atom. The third-order valence-corrected chi connectivity index (χ3v) is 2.94. The van der Waals surface area contributed by atoms with Gasteiger partial charge in [-0.05, 0) is 13.2 Å². The first-order chi connectivity index (χ1) is 3.18. The average Bonchev–Trinajstić information content (AvgIpc) is 1.65. The van der Waals surface area contributed by atoms with Gasteiger partial charge < -0.3 is 4.57 Å². The second kappa shape index (κ2) is 2.85. The van der Waals surface area contributed by atoms with Crippen molar-refractivity contribution in [2.75, 3.05) is 7.05 Å². The Balaban J connectivity index is 3.33. The molecule has 0 saturated heterocycles. The zero-order chi connectivity index (χ0) is 5.86. The minimum Gasteiger partial charge on any atom is -0.409 e. The van der Waals surface area contributed by atoms with Gasteiger partial charge in [0.05, 0.1) is 0 Å². The maximum Gasteiger partial charge on any atom is 0.133 e. The summed E-state index contributed by atoms with van der Waals surface area (Å²) in [5, 5.41) is 0. The smallest absolute Gasteiger partial charge is 0.133 e. The highest BCUT2D eigenvalue weighted by Gasteiger charge is 1.94. The molecule has 0 N–H and O–H groups in total. The minimum atomic E-state index is -0.549. The van der Waals surface area contributed by atoms with E-state index in [0.717, 1.165) is 0 Å². The summed E-state index contributed by atoms with van der Waals surface area (Å²) in [5.74, 6) is 0. The van der Waals surface area contributed by atoms with E-state index in [0.29, 0.717) is 0 Å². The van der Waals surface area contributed by atoms with Crippen LogP contribution >= 0.6 is 0 Å². The van der Waals surface area contributed by atoms with Crippen molar-refractivity contribution in [1.82, 2.24) is 4.57 Å². The van der Waals surface area contributed by atoms with Crippen molar-refractivity contribution in [2.45, 2.75) is 13.1 Å². The van der Waals surface area contributed by atoms with Gasteiger partial charge in [-0.1, -0.05) is 19.7 Å². The van der Waals surface area contributed by atoms with Crippen LogP contribution in [0.5, 0.6) is 0 Å². The summed E-state index contributed by atoms with van der Waals surface area (Å²) in [6.45, 7) is 8.17. The van der Waals surface area contributed by atoms with Crippen LogP contribution in [0.15, 0.2) is 12.8 Å². The Labute approximate surface area is 47.3 Å². The molecule has 0 radical (unpaired) electrons. The lowest BCUT2D eigenvalue weighted by Crippen LogP contribution is -2.23. The number of nitrogens with zero attached hydrogens (tertiary/aromatic N) is 1. The largest absolute Gasteiger partial charge is 0.409 e. The standard InChI is InChI=1S/C5H13NSi/c1-5-6(2)7(3)4/h5,7H,1H2,2-4H3. The van der Waals surface area contributed by atoms with Crippen LogP contribution in [0.1, 0.15) is 0 Å². The topological polar surface area (TPSA) is 3.24 Å². The molecule has 0 aliphatic heterocycles. The second-order valence-corrected chi connectivity index (χ2v) is 4.94. The zero-order valence-corrected chi connectivity index (χ0v) is 6.46. The van der Waals surface area contributed by atoms with E-state index in [2.05, 4.69) is 31.3 Å². The molecule has 0 aliphatic carbocycles. The summed E-state index contributed by atoms with van der Waals surface area (Å²) in [4.78, 5) is 0. The van der Waals surface area contributed by atoms with Gasteiger partial charge in [0.15, 0.2) is 0 Å². The summed E-state index contributed by atoms with van der Waals surface area (Å²) >= 11 is 0. The molecule has 0 aromatic carbocycles.